The van der Waals surface area contributed by atoms with Crippen molar-refractivity contribution in [2.75, 3.05) is 42.9 Å². The molecule has 1 unspecified atom stereocenters. The van der Waals surface area contributed by atoms with Crippen LogP contribution in [0.25, 0.3) is 0 Å². The first kappa shape index (κ1) is 24.5. The molecule has 2 aromatic carbocycles. The van der Waals surface area contributed by atoms with Crippen LogP contribution in [0.5, 0.6) is 0 Å². The van der Waals surface area contributed by atoms with Gasteiger partial charge < -0.3 is 25.8 Å². The number of nitrogens with zero attached hydrogens (tertiary/aromatic N) is 2. The van der Waals surface area contributed by atoms with Gasteiger partial charge in [0.05, 0.1) is 6.04 Å². The van der Waals surface area contributed by atoms with Crippen LogP contribution in [-0.2, 0) is 0 Å². The third-order valence-corrected chi connectivity index (χ3v) is 5.79. The highest BCUT2D eigenvalue weighted by molar-refractivity contribution is 5.95. The second kappa shape index (κ2) is 11.1. The first-order valence-corrected chi connectivity index (χ1v) is 11.5. The highest BCUT2D eigenvalue weighted by Crippen LogP contribution is 2.28. The first-order chi connectivity index (χ1) is 15.8. The van der Waals surface area contributed by atoms with Gasteiger partial charge in [-0.05, 0) is 69.8 Å². The number of carbonyl (C=O) groups excluding carboxylic acids is 2. The molecule has 0 saturated carbocycles. The largest absolute Gasteiger partial charge is 0.369 e. The molecule has 2 aromatic rings. The zero-order valence-electron chi connectivity index (χ0n) is 19.8. The third kappa shape index (κ3) is 6.68. The fraction of sp³-hybridized carbons (Fsp3) is 0.440. The zero-order chi connectivity index (χ0) is 24.0. The van der Waals surface area contributed by atoms with Crippen molar-refractivity contribution in [2.24, 2.45) is 0 Å². The van der Waals surface area contributed by atoms with E-state index in [1.54, 1.807) is 30.3 Å². The van der Waals surface area contributed by atoms with Crippen molar-refractivity contribution in [3.8, 4) is 0 Å². The predicted molar refractivity (Wildman–Crippen MR) is 130 cm³/mol. The molecule has 3 rings (SSSR count). The summed E-state index contributed by atoms with van der Waals surface area (Å²) in [6.07, 6.45) is 0. The predicted octanol–water partition coefficient (Wildman–Crippen LogP) is 3.99. The maximum Gasteiger partial charge on any atom is 0.319 e. The number of rotatable bonds is 7. The van der Waals surface area contributed by atoms with Crippen molar-refractivity contribution < 1.29 is 14.0 Å². The summed E-state index contributed by atoms with van der Waals surface area (Å²) in [6.45, 7) is 12.5. The molecule has 0 radical (unpaired) electrons. The average Bonchev–Trinajstić information content (AvgIpc) is 2.79. The molecule has 0 aliphatic carbocycles. The van der Waals surface area contributed by atoms with Crippen LogP contribution >= 0.6 is 0 Å². The van der Waals surface area contributed by atoms with E-state index in [2.05, 4.69) is 32.7 Å². The average molecular weight is 456 g/mol. The van der Waals surface area contributed by atoms with Gasteiger partial charge in [0.15, 0.2) is 0 Å². The van der Waals surface area contributed by atoms with Crippen molar-refractivity contribution in [1.82, 2.24) is 15.5 Å². The third-order valence-electron chi connectivity index (χ3n) is 5.79. The minimum atomic E-state index is -0.373. The van der Waals surface area contributed by atoms with E-state index in [-0.39, 0.29) is 29.8 Å². The highest BCUT2D eigenvalue weighted by atomic mass is 19.1. The minimum Gasteiger partial charge on any atom is -0.369 e. The summed E-state index contributed by atoms with van der Waals surface area (Å²) in [5.74, 6) is -0.580. The van der Waals surface area contributed by atoms with Crippen LogP contribution in [0.15, 0.2) is 42.5 Å². The summed E-state index contributed by atoms with van der Waals surface area (Å²) in [4.78, 5) is 29.3. The second-order valence-electron chi connectivity index (χ2n) is 8.65. The Morgan fingerprint density at radius 2 is 1.64 bits per heavy atom. The molecule has 1 fully saturated rings. The summed E-state index contributed by atoms with van der Waals surface area (Å²) < 4.78 is 14.1. The number of piperazine rings is 1. The van der Waals surface area contributed by atoms with Crippen LogP contribution in [0.3, 0.4) is 0 Å². The molecule has 33 heavy (non-hydrogen) atoms. The summed E-state index contributed by atoms with van der Waals surface area (Å²) in [6, 6.07) is 10.8. The molecule has 1 saturated heterocycles. The first-order valence-electron chi connectivity index (χ1n) is 11.5. The number of amides is 3. The summed E-state index contributed by atoms with van der Waals surface area (Å²) >= 11 is 0. The molecular formula is C25H34FN5O2. The number of urea groups is 1. The lowest BCUT2D eigenvalue weighted by molar-refractivity contribution is 0.0940. The lowest BCUT2D eigenvalue weighted by Gasteiger charge is -2.37. The van der Waals surface area contributed by atoms with E-state index in [9.17, 15) is 14.0 Å². The lowest BCUT2D eigenvalue weighted by Crippen LogP contribution is -2.46. The monoisotopic (exact) mass is 455 g/mol. The van der Waals surface area contributed by atoms with Crippen molar-refractivity contribution in [3.05, 3.63) is 59.4 Å². The second-order valence-corrected chi connectivity index (χ2v) is 8.65. The Morgan fingerprint density at radius 3 is 2.24 bits per heavy atom. The fourth-order valence-electron chi connectivity index (χ4n) is 3.96. The van der Waals surface area contributed by atoms with Gasteiger partial charge >= 0.3 is 6.03 Å². The van der Waals surface area contributed by atoms with Gasteiger partial charge in [-0.15, -0.1) is 0 Å². The molecule has 7 nitrogen and oxygen atoms in total. The molecule has 1 atom stereocenters. The van der Waals surface area contributed by atoms with Crippen LogP contribution in [0.2, 0.25) is 0 Å². The van der Waals surface area contributed by atoms with E-state index in [0.717, 1.165) is 44.0 Å². The molecule has 0 spiro atoms. The minimum absolute atomic E-state index is 0.0276. The number of likely N-dealkylation sites (N-methyl/N-ethyl adjacent to an activating group) is 1. The van der Waals surface area contributed by atoms with Gasteiger partial charge in [-0.2, -0.15) is 0 Å². The highest BCUT2D eigenvalue weighted by Gasteiger charge is 2.22. The molecule has 8 heteroatoms. The van der Waals surface area contributed by atoms with Gasteiger partial charge in [0.25, 0.3) is 5.91 Å². The quantitative estimate of drug-likeness (QED) is 0.590. The van der Waals surface area contributed by atoms with E-state index in [0.29, 0.717) is 11.3 Å². The van der Waals surface area contributed by atoms with E-state index < -0.39 is 0 Å². The standard InChI is InChI=1S/C25H34FN5O2/c1-5-30-12-14-31(15-13-30)23-11-8-20(26)16-22(23)18(4)28-24(32)19-6-9-21(10-7-19)29-25(33)27-17(2)3/h6-11,16-18H,5,12-15H2,1-4H3,(H,28,32)(H2,27,29,33). The molecule has 0 bridgehead atoms. The Hall–Kier alpha value is -3.13. The summed E-state index contributed by atoms with van der Waals surface area (Å²) in [5.41, 5.74) is 2.77. The molecule has 3 N–H and O–H groups in total. The molecule has 178 valence electrons. The van der Waals surface area contributed by atoms with Crippen molar-refractivity contribution in [1.29, 1.82) is 0 Å². The van der Waals surface area contributed by atoms with Crippen molar-refractivity contribution in [2.45, 2.75) is 39.8 Å². The Labute approximate surface area is 195 Å². The lowest BCUT2D eigenvalue weighted by atomic mass is 10.0. The Morgan fingerprint density at radius 1 is 0.970 bits per heavy atom. The molecule has 1 aliphatic rings. The number of halogens is 1. The normalized spacial score (nSPS) is 15.3. The van der Waals surface area contributed by atoms with Gasteiger partial charge in [-0.3, -0.25) is 4.79 Å². The molecule has 3 amide bonds. The maximum absolute atomic E-state index is 14.1. The molecular weight excluding hydrogens is 421 g/mol. The SMILES string of the molecule is CCN1CCN(c2ccc(F)cc2C(C)NC(=O)c2ccc(NC(=O)NC(C)C)cc2)CC1. The number of benzene rings is 2. The Balaban J connectivity index is 1.67. The van der Waals surface area contributed by atoms with Gasteiger partial charge in [0.2, 0.25) is 0 Å². The molecule has 1 heterocycles. The number of hydrogen-bond acceptors (Lipinski definition) is 4. The topological polar surface area (TPSA) is 76.7 Å². The van der Waals surface area contributed by atoms with Crippen molar-refractivity contribution in [3.63, 3.8) is 0 Å². The number of carbonyl (C=O) groups is 2. The maximum atomic E-state index is 14.1. The summed E-state index contributed by atoms with van der Waals surface area (Å²) in [5, 5.41) is 8.46. The van der Waals surface area contributed by atoms with E-state index in [1.807, 2.05) is 20.8 Å². The van der Waals surface area contributed by atoms with Gasteiger partial charge in [0.1, 0.15) is 5.82 Å². The fourth-order valence-corrected chi connectivity index (χ4v) is 3.96. The van der Waals surface area contributed by atoms with Crippen molar-refractivity contribution >= 4 is 23.3 Å². The smallest absolute Gasteiger partial charge is 0.319 e. The van der Waals surface area contributed by atoms with Gasteiger partial charge in [-0.25, -0.2) is 9.18 Å². The van der Waals surface area contributed by atoms with E-state index in [1.165, 1.54) is 12.1 Å². The van der Waals surface area contributed by atoms with E-state index >= 15 is 0 Å². The molecule has 0 aromatic heterocycles. The number of hydrogen-bond donors (Lipinski definition) is 3. The van der Waals surface area contributed by atoms with Crippen LogP contribution < -0.4 is 20.9 Å². The summed E-state index contributed by atoms with van der Waals surface area (Å²) in [7, 11) is 0. The van der Waals surface area contributed by atoms with Crippen LogP contribution in [-0.4, -0.2) is 55.6 Å². The van der Waals surface area contributed by atoms with Gasteiger partial charge in [0, 0.05) is 54.7 Å². The Bertz CT molecular complexity index is 956. The van der Waals surface area contributed by atoms with Crippen LogP contribution in [0.1, 0.15) is 49.7 Å². The Kier molecular flexibility index (Phi) is 8.27. The van der Waals surface area contributed by atoms with Crippen LogP contribution in [0, 0.1) is 5.82 Å². The van der Waals surface area contributed by atoms with E-state index in [4.69, 9.17) is 0 Å². The zero-order valence-corrected chi connectivity index (χ0v) is 19.8. The van der Waals surface area contributed by atoms with Gasteiger partial charge in [-0.1, -0.05) is 6.92 Å². The van der Waals surface area contributed by atoms with Crippen LogP contribution in [0.4, 0.5) is 20.6 Å². The number of nitrogens with one attached hydrogen (secondary N) is 3. The number of anilines is 2. The molecule has 1 aliphatic heterocycles.